The zero-order valence-electron chi connectivity index (χ0n) is 11.5. The number of benzene rings is 1. The van der Waals surface area contributed by atoms with Crippen LogP contribution in [0.25, 0.3) is 6.08 Å². The van der Waals surface area contributed by atoms with Crippen molar-refractivity contribution in [1.82, 2.24) is 5.32 Å². The number of carbonyl (C=O) groups is 2. The Bertz CT molecular complexity index is 465. The summed E-state index contributed by atoms with van der Waals surface area (Å²) in [5.41, 5.74) is 1.97. The van der Waals surface area contributed by atoms with E-state index in [1.165, 1.54) is 6.08 Å². The Balaban J connectivity index is 2.40. The molecule has 0 heterocycles. The smallest absolute Gasteiger partial charge is 0.330 e. The zero-order valence-corrected chi connectivity index (χ0v) is 11.5. The van der Waals surface area contributed by atoms with Gasteiger partial charge in [0.1, 0.15) is 0 Å². The Morgan fingerprint density at radius 2 is 2.00 bits per heavy atom. The van der Waals surface area contributed by atoms with Gasteiger partial charge >= 0.3 is 11.9 Å². The lowest BCUT2D eigenvalue weighted by atomic mass is 10.1. The molecule has 0 fully saturated rings. The van der Waals surface area contributed by atoms with Gasteiger partial charge in [0, 0.05) is 19.2 Å². The molecule has 0 spiro atoms. The second-order valence-electron chi connectivity index (χ2n) is 4.15. The maximum Gasteiger partial charge on any atom is 0.330 e. The molecule has 5 nitrogen and oxygen atoms in total. The van der Waals surface area contributed by atoms with Gasteiger partial charge in [-0.15, -0.1) is 0 Å². The summed E-state index contributed by atoms with van der Waals surface area (Å²) in [6.07, 6.45) is 3.20. The molecule has 108 valence electrons. The fourth-order valence-corrected chi connectivity index (χ4v) is 1.53. The Morgan fingerprint density at radius 3 is 2.60 bits per heavy atom. The molecule has 1 aromatic rings. The number of carboxylic acids is 1. The topological polar surface area (TPSA) is 75.6 Å². The summed E-state index contributed by atoms with van der Waals surface area (Å²) in [6, 6.07) is 7.64. The second-order valence-corrected chi connectivity index (χ2v) is 4.15. The van der Waals surface area contributed by atoms with Crippen LogP contribution in [0.3, 0.4) is 0 Å². The van der Waals surface area contributed by atoms with Gasteiger partial charge in [-0.25, -0.2) is 4.79 Å². The van der Waals surface area contributed by atoms with Crippen molar-refractivity contribution in [3.05, 3.63) is 41.5 Å². The zero-order chi connectivity index (χ0) is 14.8. The van der Waals surface area contributed by atoms with Gasteiger partial charge in [-0.3, -0.25) is 4.79 Å². The Labute approximate surface area is 118 Å². The average Bonchev–Trinajstić information content (AvgIpc) is 2.43. The van der Waals surface area contributed by atoms with E-state index in [2.05, 4.69) is 5.32 Å². The summed E-state index contributed by atoms with van der Waals surface area (Å²) in [6.45, 7) is 3.19. The van der Waals surface area contributed by atoms with E-state index < -0.39 is 5.97 Å². The fourth-order valence-electron chi connectivity index (χ4n) is 1.53. The molecule has 20 heavy (non-hydrogen) atoms. The average molecular weight is 277 g/mol. The Kier molecular flexibility index (Phi) is 7.06. The number of hydrogen-bond donors (Lipinski definition) is 2. The summed E-state index contributed by atoms with van der Waals surface area (Å²) in [7, 11) is 0. The van der Waals surface area contributed by atoms with Crippen molar-refractivity contribution in [3.63, 3.8) is 0 Å². The molecule has 5 heteroatoms. The Hall–Kier alpha value is -2.14. The highest BCUT2D eigenvalue weighted by Crippen LogP contribution is 2.06. The standard InChI is InChI=1S/C15H19NO4/c1-2-20-15(19)8-7-12-3-5-13(6-4-12)11-16-10-9-14(17)18/h3-8,16H,2,9-11H2,1H3,(H,17,18)/b8-7+. The third kappa shape index (κ3) is 6.70. The minimum atomic E-state index is -0.808. The molecule has 0 aliphatic heterocycles. The predicted molar refractivity (Wildman–Crippen MR) is 76.1 cm³/mol. The van der Waals surface area contributed by atoms with Crippen LogP contribution < -0.4 is 5.32 Å². The van der Waals surface area contributed by atoms with Crippen molar-refractivity contribution in [2.75, 3.05) is 13.2 Å². The molecule has 2 N–H and O–H groups in total. The molecule has 1 aromatic carbocycles. The SMILES string of the molecule is CCOC(=O)/C=C/c1ccc(CNCCC(=O)O)cc1. The van der Waals surface area contributed by atoms with E-state index in [0.717, 1.165) is 11.1 Å². The summed E-state index contributed by atoms with van der Waals surface area (Å²) in [5.74, 6) is -1.16. The van der Waals surface area contributed by atoms with E-state index in [0.29, 0.717) is 19.7 Å². The quantitative estimate of drug-likeness (QED) is 0.431. The van der Waals surface area contributed by atoms with Crippen LogP contribution in [0.1, 0.15) is 24.5 Å². The van der Waals surface area contributed by atoms with Crippen LogP contribution in [0.5, 0.6) is 0 Å². The summed E-state index contributed by atoms with van der Waals surface area (Å²) in [4.78, 5) is 21.5. The molecule has 0 radical (unpaired) electrons. The normalized spacial score (nSPS) is 10.7. The van der Waals surface area contributed by atoms with Crippen LogP contribution in [0.4, 0.5) is 0 Å². The number of carbonyl (C=O) groups excluding carboxylic acids is 1. The number of rotatable bonds is 8. The molecular formula is C15H19NO4. The highest BCUT2D eigenvalue weighted by Gasteiger charge is 1.97. The lowest BCUT2D eigenvalue weighted by Crippen LogP contribution is -2.17. The van der Waals surface area contributed by atoms with E-state index in [9.17, 15) is 9.59 Å². The molecule has 0 saturated heterocycles. The van der Waals surface area contributed by atoms with Crippen molar-refractivity contribution in [2.24, 2.45) is 0 Å². The lowest BCUT2D eigenvalue weighted by molar-refractivity contribution is -0.138. The van der Waals surface area contributed by atoms with Crippen molar-refractivity contribution in [3.8, 4) is 0 Å². The molecule has 0 aliphatic carbocycles. The van der Waals surface area contributed by atoms with Crippen molar-refractivity contribution in [2.45, 2.75) is 19.9 Å². The highest BCUT2D eigenvalue weighted by atomic mass is 16.5. The first kappa shape index (κ1) is 15.9. The maximum absolute atomic E-state index is 11.1. The molecular weight excluding hydrogens is 258 g/mol. The first-order valence-electron chi connectivity index (χ1n) is 6.48. The summed E-state index contributed by atoms with van der Waals surface area (Å²) >= 11 is 0. The highest BCUT2D eigenvalue weighted by molar-refractivity contribution is 5.87. The van der Waals surface area contributed by atoms with Gasteiger partial charge in [0.15, 0.2) is 0 Å². The number of ether oxygens (including phenoxy) is 1. The first-order valence-corrected chi connectivity index (χ1v) is 6.48. The number of hydrogen-bond acceptors (Lipinski definition) is 4. The molecule has 0 amide bonds. The molecule has 0 bridgehead atoms. The monoisotopic (exact) mass is 277 g/mol. The van der Waals surface area contributed by atoms with Crippen molar-refractivity contribution in [1.29, 1.82) is 0 Å². The summed E-state index contributed by atoms with van der Waals surface area (Å²) in [5, 5.41) is 11.6. The molecule has 0 aliphatic rings. The number of nitrogens with one attached hydrogen (secondary N) is 1. The lowest BCUT2D eigenvalue weighted by Gasteiger charge is -2.03. The van der Waals surface area contributed by atoms with E-state index in [1.54, 1.807) is 13.0 Å². The van der Waals surface area contributed by atoms with Crippen LogP contribution in [-0.2, 0) is 20.9 Å². The molecule has 0 saturated carbocycles. The van der Waals surface area contributed by atoms with Gasteiger partial charge in [-0.1, -0.05) is 24.3 Å². The van der Waals surface area contributed by atoms with E-state index in [1.807, 2.05) is 24.3 Å². The van der Waals surface area contributed by atoms with Crippen LogP contribution in [0.2, 0.25) is 0 Å². The van der Waals surface area contributed by atoms with Crippen LogP contribution in [0.15, 0.2) is 30.3 Å². The number of carboxylic acid groups (broad SMARTS) is 1. The van der Waals surface area contributed by atoms with Gasteiger partial charge < -0.3 is 15.2 Å². The van der Waals surface area contributed by atoms with Gasteiger partial charge in [-0.05, 0) is 24.1 Å². The first-order chi connectivity index (χ1) is 9.61. The number of aliphatic carboxylic acids is 1. The molecule has 0 atom stereocenters. The van der Waals surface area contributed by atoms with E-state index in [4.69, 9.17) is 9.84 Å². The third-order valence-electron chi connectivity index (χ3n) is 2.52. The predicted octanol–water partition coefficient (Wildman–Crippen LogP) is 1.83. The fraction of sp³-hybridized carbons (Fsp3) is 0.333. The third-order valence-corrected chi connectivity index (χ3v) is 2.52. The van der Waals surface area contributed by atoms with Crippen LogP contribution in [-0.4, -0.2) is 30.2 Å². The Morgan fingerprint density at radius 1 is 1.30 bits per heavy atom. The van der Waals surface area contributed by atoms with Crippen molar-refractivity contribution < 1.29 is 19.4 Å². The summed E-state index contributed by atoms with van der Waals surface area (Å²) < 4.78 is 4.79. The van der Waals surface area contributed by atoms with E-state index in [-0.39, 0.29) is 12.4 Å². The molecule has 0 unspecified atom stereocenters. The van der Waals surface area contributed by atoms with Gasteiger partial charge in [0.2, 0.25) is 0 Å². The second kappa shape index (κ2) is 8.87. The van der Waals surface area contributed by atoms with Crippen LogP contribution >= 0.6 is 0 Å². The molecule has 1 rings (SSSR count). The van der Waals surface area contributed by atoms with Crippen LogP contribution in [0, 0.1) is 0 Å². The van der Waals surface area contributed by atoms with Gasteiger partial charge in [0.05, 0.1) is 13.0 Å². The largest absolute Gasteiger partial charge is 0.481 e. The van der Waals surface area contributed by atoms with Crippen molar-refractivity contribution >= 4 is 18.0 Å². The van der Waals surface area contributed by atoms with Gasteiger partial charge in [0.25, 0.3) is 0 Å². The maximum atomic E-state index is 11.1. The minimum Gasteiger partial charge on any atom is -0.481 e. The minimum absolute atomic E-state index is 0.111. The van der Waals surface area contributed by atoms with E-state index >= 15 is 0 Å². The van der Waals surface area contributed by atoms with Gasteiger partial charge in [-0.2, -0.15) is 0 Å². The molecule has 0 aromatic heterocycles. The number of esters is 1.